The lowest BCUT2D eigenvalue weighted by molar-refractivity contribution is 0.797. The second-order valence-electron chi connectivity index (χ2n) is 4.25. The third-order valence-corrected chi connectivity index (χ3v) is 4.28. The summed E-state index contributed by atoms with van der Waals surface area (Å²) in [6, 6.07) is 0. The van der Waals surface area contributed by atoms with Crippen molar-refractivity contribution in [3.8, 4) is 0 Å². The number of thiazole rings is 1. The number of nitrogens with zero attached hydrogens (tertiary/aromatic N) is 2. The predicted octanol–water partition coefficient (Wildman–Crippen LogP) is 3.12. The SMILES string of the molecule is Cc1nc2sc(C(C)(C)P)cn2c1C. The van der Waals surface area contributed by atoms with Crippen LogP contribution < -0.4 is 0 Å². The lowest BCUT2D eigenvalue weighted by atomic mass is 10.2. The fourth-order valence-electron chi connectivity index (χ4n) is 1.36. The van der Waals surface area contributed by atoms with Crippen molar-refractivity contribution in [3.63, 3.8) is 0 Å². The molecule has 4 heteroatoms. The summed E-state index contributed by atoms with van der Waals surface area (Å²) in [7, 11) is 2.87. The Bertz CT molecular complexity index is 476. The number of rotatable bonds is 1. The van der Waals surface area contributed by atoms with E-state index in [4.69, 9.17) is 0 Å². The molecule has 0 spiro atoms. The summed E-state index contributed by atoms with van der Waals surface area (Å²) in [5, 5.41) is 0.145. The molecule has 2 nitrogen and oxygen atoms in total. The molecular weight excluding hydrogens is 211 g/mol. The fourth-order valence-corrected chi connectivity index (χ4v) is 2.70. The van der Waals surface area contributed by atoms with E-state index in [0.29, 0.717) is 0 Å². The molecule has 0 aliphatic heterocycles. The molecule has 0 saturated carbocycles. The van der Waals surface area contributed by atoms with E-state index in [1.54, 1.807) is 11.3 Å². The number of aryl methyl sites for hydroxylation is 2. The predicted molar refractivity (Wildman–Crippen MR) is 65.3 cm³/mol. The lowest BCUT2D eigenvalue weighted by Crippen LogP contribution is -2.03. The van der Waals surface area contributed by atoms with Crippen LogP contribution in [0.4, 0.5) is 0 Å². The van der Waals surface area contributed by atoms with Gasteiger partial charge in [0.25, 0.3) is 0 Å². The Morgan fingerprint density at radius 2 is 2.07 bits per heavy atom. The highest BCUT2D eigenvalue weighted by Gasteiger charge is 2.19. The standard InChI is InChI=1S/C10H15N2PS/c1-6-7(2)12-5-8(10(3,4)13)14-9(12)11-6/h5H,13H2,1-4H3. The average Bonchev–Trinajstić information content (AvgIpc) is 2.54. The summed E-state index contributed by atoms with van der Waals surface area (Å²) in [6.45, 7) is 8.57. The zero-order valence-electron chi connectivity index (χ0n) is 8.96. The molecule has 0 fully saturated rings. The first-order chi connectivity index (χ1) is 6.39. The summed E-state index contributed by atoms with van der Waals surface area (Å²) in [6.07, 6.45) is 2.20. The van der Waals surface area contributed by atoms with Crippen molar-refractivity contribution in [1.29, 1.82) is 0 Å². The monoisotopic (exact) mass is 226 g/mol. The Balaban J connectivity index is 2.65. The Hall–Kier alpha value is -0.400. The number of hydrogen-bond donors (Lipinski definition) is 0. The van der Waals surface area contributed by atoms with Crippen LogP contribution in [0.1, 0.15) is 30.1 Å². The van der Waals surface area contributed by atoms with Gasteiger partial charge < -0.3 is 0 Å². The first-order valence-electron chi connectivity index (χ1n) is 4.64. The summed E-state index contributed by atoms with van der Waals surface area (Å²) in [5.74, 6) is 0. The van der Waals surface area contributed by atoms with Crippen molar-refractivity contribution in [3.05, 3.63) is 22.5 Å². The highest BCUT2D eigenvalue weighted by Crippen LogP contribution is 2.35. The molecule has 0 saturated heterocycles. The Kier molecular flexibility index (Phi) is 2.20. The molecule has 0 aliphatic rings. The zero-order valence-corrected chi connectivity index (χ0v) is 10.9. The van der Waals surface area contributed by atoms with Crippen LogP contribution in [-0.4, -0.2) is 9.38 Å². The van der Waals surface area contributed by atoms with Crippen molar-refractivity contribution in [2.75, 3.05) is 0 Å². The largest absolute Gasteiger partial charge is 0.294 e. The number of fused-ring (bicyclic) bond motifs is 1. The second-order valence-corrected chi connectivity index (χ2v) is 6.70. The molecule has 0 aliphatic carbocycles. The van der Waals surface area contributed by atoms with E-state index in [1.807, 2.05) is 0 Å². The van der Waals surface area contributed by atoms with Gasteiger partial charge in [-0.3, -0.25) is 4.40 Å². The third kappa shape index (κ3) is 1.49. The maximum atomic E-state index is 4.52. The first kappa shape index (κ1) is 10.1. The van der Waals surface area contributed by atoms with Crippen LogP contribution in [-0.2, 0) is 5.16 Å². The molecule has 2 aromatic heterocycles. The molecule has 0 amide bonds. The van der Waals surface area contributed by atoms with Gasteiger partial charge in [0.15, 0.2) is 4.96 Å². The molecule has 14 heavy (non-hydrogen) atoms. The van der Waals surface area contributed by atoms with E-state index in [2.05, 4.69) is 52.5 Å². The van der Waals surface area contributed by atoms with Gasteiger partial charge in [-0.05, 0) is 13.8 Å². The van der Waals surface area contributed by atoms with E-state index >= 15 is 0 Å². The minimum atomic E-state index is 0.145. The van der Waals surface area contributed by atoms with E-state index in [1.165, 1.54) is 10.6 Å². The maximum Gasteiger partial charge on any atom is 0.194 e. The molecule has 0 N–H and O–H groups in total. The molecule has 1 atom stereocenters. The Morgan fingerprint density at radius 1 is 1.43 bits per heavy atom. The first-order valence-corrected chi connectivity index (χ1v) is 6.03. The average molecular weight is 226 g/mol. The lowest BCUT2D eigenvalue weighted by Gasteiger charge is -2.14. The fraction of sp³-hybridized carbons (Fsp3) is 0.500. The zero-order chi connectivity index (χ0) is 10.5. The van der Waals surface area contributed by atoms with Crippen molar-refractivity contribution >= 4 is 25.5 Å². The van der Waals surface area contributed by atoms with Gasteiger partial charge in [0.05, 0.1) is 5.69 Å². The number of aromatic nitrogens is 2. The molecule has 2 heterocycles. The van der Waals surface area contributed by atoms with Gasteiger partial charge >= 0.3 is 0 Å². The van der Waals surface area contributed by atoms with Crippen LogP contribution in [0.3, 0.4) is 0 Å². The van der Waals surface area contributed by atoms with Crippen molar-refractivity contribution in [2.24, 2.45) is 0 Å². The minimum Gasteiger partial charge on any atom is -0.294 e. The normalized spacial score (nSPS) is 12.6. The van der Waals surface area contributed by atoms with E-state index in [0.717, 1.165) is 10.7 Å². The molecule has 1 unspecified atom stereocenters. The number of imidazole rings is 1. The van der Waals surface area contributed by atoms with Gasteiger partial charge in [-0.15, -0.1) is 20.6 Å². The van der Waals surface area contributed by atoms with Crippen LogP contribution in [0.2, 0.25) is 0 Å². The Morgan fingerprint density at radius 3 is 2.57 bits per heavy atom. The van der Waals surface area contributed by atoms with Gasteiger partial charge in [0.1, 0.15) is 0 Å². The highest BCUT2D eigenvalue weighted by molar-refractivity contribution is 7.23. The van der Waals surface area contributed by atoms with Crippen LogP contribution in [0.5, 0.6) is 0 Å². The molecule has 0 bridgehead atoms. The van der Waals surface area contributed by atoms with Crippen LogP contribution in [0, 0.1) is 13.8 Å². The van der Waals surface area contributed by atoms with Crippen molar-refractivity contribution in [2.45, 2.75) is 32.9 Å². The number of hydrogen-bond acceptors (Lipinski definition) is 2. The van der Waals surface area contributed by atoms with Crippen LogP contribution in [0.15, 0.2) is 6.20 Å². The quantitative estimate of drug-likeness (QED) is 0.683. The topological polar surface area (TPSA) is 17.3 Å². The molecular formula is C10H15N2PS. The Labute approximate surface area is 90.6 Å². The molecule has 0 radical (unpaired) electrons. The van der Waals surface area contributed by atoms with Gasteiger partial charge in [-0.1, -0.05) is 13.8 Å². The summed E-state index contributed by atoms with van der Waals surface area (Å²) < 4.78 is 2.18. The van der Waals surface area contributed by atoms with Crippen molar-refractivity contribution in [1.82, 2.24) is 9.38 Å². The second kappa shape index (κ2) is 3.04. The van der Waals surface area contributed by atoms with Gasteiger partial charge in [-0.2, -0.15) is 0 Å². The molecule has 0 aromatic carbocycles. The van der Waals surface area contributed by atoms with Crippen LogP contribution >= 0.6 is 20.6 Å². The van der Waals surface area contributed by atoms with E-state index in [-0.39, 0.29) is 5.16 Å². The van der Waals surface area contributed by atoms with Gasteiger partial charge in [0, 0.05) is 21.9 Å². The molecule has 2 rings (SSSR count). The molecule has 2 aromatic rings. The van der Waals surface area contributed by atoms with E-state index in [9.17, 15) is 0 Å². The maximum absolute atomic E-state index is 4.52. The smallest absolute Gasteiger partial charge is 0.194 e. The van der Waals surface area contributed by atoms with Gasteiger partial charge in [-0.25, -0.2) is 4.98 Å². The summed E-state index contributed by atoms with van der Waals surface area (Å²) in [4.78, 5) is 6.98. The minimum absolute atomic E-state index is 0.145. The molecule has 76 valence electrons. The van der Waals surface area contributed by atoms with Gasteiger partial charge in [0.2, 0.25) is 0 Å². The van der Waals surface area contributed by atoms with Crippen LogP contribution in [0.25, 0.3) is 4.96 Å². The third-order valence-electron chi connectivity index (χ3n) is 2.44. The van der Waals surface area contributed by atoms with Crippen molar-refractivity contribution < 1.29 is 0 Å². The highest BCUT2D eigenvalue weighted by atomic mass is 32.1. The summed E-state index contributed by atoms with van der Waals surface area (Å²) in [5.41, 5.74) is 2.38. The van der Waals surface area contributed by atoms with E-state index < -0.39 is 0 Å². The summed E-state index contributed by atoms with van der Waals surface area (Å²) >= 11 is 1.77.